The molecular formula is C18H30N4O. The number of guanidine groups is 1. The molecule has 0 aliphatic heterocycles. The van der Waals surface area contributed by atoms with Gasteiger partial charge in [0.25, 0.3) is 0 Å². The van der Waals surface area contributed by atoms with Crippen LogP contribution in [0, 0.1) is 0 Å². The van der Waals surface area contributed by atoms with Gasteiger partial charge in [-0.2, -0.15) is 0 Å². The van der Waals surface area contributed by atoms with E-state index in [4.69, 9.17) is 4.99 Å². The molecule has 1 saturated carbocycles. The third kappa shape index (κ3) is 5.75. The summed E-state index contributed by atoms with van der Waals surface area (Å²) in [5, 5.41) is 16.4. The van der Waals surface area contributed by atoms with Crippen molar-refractivity contribution >= 4 is 11.6 Å². The number of benzene rings is 1. The molecule has 0 bridgehead atoms. The van der Waals surface area contributed by atoms with E-state index in [9.17, 15) is 5.11 Å². The summed E-state index contributed by atoms with van der Waals surface area (Å²) in [6, 6.07) is 8.86. The average molecular weight is 318 g/mol. The minimum atomic E-state index is -0.124. The lowest BCUT2D eigenvalue weighted by Crippen LogP contribution is -2.45. The molecule has 0 unspecified atom stereocenters. The summed E-state index contributed by atoms with van der Waals surface area (Å²) in [5.74, 6) is 0.865. The number of hydrogen-bond donors (Lipinski definition) is 3. The summed E-state index contributed by atoms with van der Waals surface area (Å²) in [6.45, 7) is 3.58. The van der Waals surface area contributed by atoms with E-state index in [1.54, 1.807) is 0 Å². The molecule has 3 N–H and O–H groups in total. The molecule has 0 atom stereocenters. The number of aliphatic imine (C=N–C) groups is 1. The minimum absolute atomic E-state index is 0.124. The fourth-order valence-corrected chi connectivity index (χ4v) is 2.84. The predicted octanol–water partition coefficient (Wildman–Crippen LogP) is 2.11. The van der Waals surface area contributed by atoms with E-state index in [1.807, 2.05) is 14.1 Å². The molecule has 2 rings (SSSR count). The lowest BCUT2D eigenvalue weighted by atomic mass is 9.93. The normalized spacial score (nSPS) is 21.8. The first kappa shape index (κ1) is 17.6. The van der Waals surface area contributed by atoms with Crippen LogP contribution in [0.3, 0.4) is 0 Å². The van der Waals surface area contributed by atoms with E-state index < -0.39 is 0 Å². The Morgan fingerprint density at radius 1 is 1.26 bits per heavy atom. The van der Waals surface area contributed by atoms with Crippen molar-refractivity contribution in [2.75, 3.05) is 25.5 Å². The minimum Gasteiger partial charge on any atom is -0.393 e. The fourth-order valence-electron chi connectivity index (χ4n) is 2.84. The molecule has 1 aromatic carbocycles. The number of nitrogens with zero attached hydrogens (tertiary/aromatic N) is 2. The van der Waals surface area contributed by atoms with Crippen molar-refractivity contribution in [3.8, 4) is 0 Å². The molecule has 0 radical (unpaired) electrons. The van der Waals surface area contributed by atoms with Gasteiger partial charge in [0, 0.05) is 32.4 Å². The first-order valence-electron chi connectivity index (χ1n) is 8.57. The average Bonchev–Trinajstić information content (AvgIpc) is 2.55. The smallest absolute Gasteiger partial charge is 0.191 e. The summed E-state index contributed by atoms with van der Waals surface area (Å²) in [4.78, 5) is 6.81. The summed E-state index contributed by atoms with van der Waals surface area (Å²) in [7, 11) is 4.09. The van der Waals surface area contributed by atoms with Crippen LogP contribution in [0.2, 0.25) is 0 Å². The first-order valence-corrected chi connectivity index (χ1v) is 8.57. The molecule has 1 aliphatic carbocycles. The standard InChI is InChI=1S/C18H30N4O/c1-4-19-18(21-15-8-10-17(23)11-9-15)20-13-14-6-5-7-16(12-14)22(2)3/h5-7,12,15,17,23H,4,8-11,13H2,1-3H3,(H2,19,20,21). The number of nitrogens with one attached hydrogen (secondary N) is 2. The van der Waals surface area contributed by atoms with Crippen LogP contribution in [0.25, 0.3) is 0 Å². The molecule has 0 saturated heterocycles. The zero-order chi connectivity index (χ0) is 16.7. The molecule has 5 heteroatoms. The van der Waals surface area contributed by atoms with E-state index in [0.717, 1.165) is 38.2 Å². The fraction of sp³-hybridized carbons (Fsp3) is 0.611. The van der Waals surface area contributed by atoms with Gasteiger partial charge in [-0.1, -0.05) is 12.1 Å². The zero-order valence-electron chi connectivity index (χ0n) is 14.5. The van der Waals surface area contributed by atoms with Gasteiger partial charge in [0.1, 0.15) is 0 Å². The van der Waals surface area contributed by atoms with Crippen LogP contribution in [-0.2, 0) is 6.54 Å². The van der Waals surface area contributed by atoms with Crippen molar-refractivity contribution in [2.45, 2.75) is 51.3 Å². The summed E-state index contributed by atoms with van der Waals surface area (Å²) >= 11 is 0. The van der Waals surface area contributed by atoms with Crippen molar-refractivity contribution < 1.29 is 5.11 Å². The monoisotopic (exact) mass is 318 g/mol. The Morgan fingerprint density at radius 2 is 2.00 bits per heavy atom. The van der Waals surface area contributed by atoms with Crippen LogP contribution in [-0.4, -0.2) is 43.9 Å². The lowest BCUT2D eigenvalue weighted by Gasteiger charge is -2.27. The van der Waals surface area contributed by atoms with Gasteiger partial charge in [-0.15, -0.1) is 0 Å². The number of rotatable bonds is 5. The zero-order valence-corrected chi connectivity index (χ0v) is 14.5. The summed E-state index contributed by atoms with van der Waals surface area (Å²) < 4.78 is 0. The highest BCUT2D eigenvalue weighted by Crippen LogP contribution is 2.18. The van der Waals surface area contributed by atoms with E-state index >= 15 is 0 Å². The largest absolute Gasteiger partial charge is 0.393 e. The van der Waals surface area contributed by atoms with Crippen molar-refractivity contribution in [1.82, 2.24) is 10.6 Å². The molecular weight excluding hydrogens is 288 g/mol. The molecule has 1 fully saturated rings. The summed E-state index contributed by atoms with van der Waals surface area (Å²) in [6.07, 6.45) is 3.63. The van der Waals surface area contributed by atoms with Crippen LogP contribution in [0.1, 0.15) is 38.2 Å². The van der Waals surface area contributed by atoms with Crippen molar-refractivity contribution in [3.05, 3.63) is 29.8 Å². The first-order chi connectivity index (χ1) is 11.1. The van der Waals surface area contributed by atoms with Crippen molar-refractivity contribution in [3.63, 3.8) is 0 Å². The van der Waals surface area contributed by atoms with Crippen molar-refractivity contribution in [1.29, 1.82) is 0 Å². The molecule has 1 aromatic rings. The number of aliphatic hydroxyl groups is 1. The number of hydrogen-bond acceptors (Lipinski definition) is 3. The second-order valence-electron chi connectivity index (χ2n) is 6.41. The maximum absolute atomic E-state index is 9.61. The Morgan fingerprint density at radius 3 is 2.65 bits per heavy atom. The van der Waals surface area contributed by atoms with Gasteiger partial charge < -0.3 is 20.6 Å². The third-order valence-electron chi connectivity index (χ3n) is 4.23. The van der Waals surface area contributed by atoms with Gasteiger partial charge in [-0.05, 0) is 50.3 Å². The maximum atomic E-state index is 9.61. The Kier molecular flexibility index (Phi) is 6.71. The van der Waals surface area contributed by atoms with Gasteiger partial charge in [0.05, 0.1) is 12.6 Å². The van der Waals surface area contributed by atoms with E-state index in [-0.39, 0.29) is 6.10 Å². The third-order valence-corrected chi connectivity index (χ3v) is 4.23. The second kappa shape index (κ2) is 8.77. The molecule has 1 aliphatic rings. The topological polar surface area (TPSA) is 59.9 Å². The van der Waals surface area contributed by atoms with Gasteiger partial charge in [0.2, 0.25) is 0 Å². The molecule has 0 spiro atoms. The highest BCUT2D eigenvalue weighted by Gasteiger charge is 2.19. The number of anilines is 1. The van der Waals surface area contributed by atoms with Gasteiger partial charge in [-0.25, -0.2) is 4.99 Å². The van der Waals surface area contributed by atoms with E-state index in [2.05, 4.69) is 46.7 Å². The van der Waals surface area contributed by atoms with Gasteiger partial charge >= 0.3 is 0 Å². The molecule has 5 nitrogen and oxygen atoms in total. The molecule has 0 heterocycles. The van der Waals surface area contributed by atoms with Crippen LogP contribution in [0.4, 0.5) is 5.69 Å². The Bertz CT molecular complexity index is 507. The van der Waals surface area contributed by atoms with Gasteiger partial charge in [-0.3, -0.25) is 0 Å². The maximum Gasteiger partial charge on any atom is 0.191 e. The van der Waals surface area contributed by atoms with Crippen LogP contribution in [0.15, 0.2) is 29.3 Å². The lowest BCUT2D eigenvalue weighted by molar-refractivity contribution is 0.120. The predicted molar refractivity (Wildman–Crippen MR) is 97.0 cm³/mol. The van der Waals surface area contributed by atoms with Gasteiger partial charge in [0.15, 0.2) is 5.96 Å². The highest BCUT2D eigenvalue weighted by atomic mass is 16.3. The SMILES string of the molecule is CCNC(=NCc1cccc(N(C)C)c1)NC1CCC(O)CC1. The molecule has 0 aromatic heterocycles. The summed E-state index contributed by atoms with van der Waals surface area (Å²) in [5.41, 5.74) is 2.39. The second-order valence-corrected chi connectivity index (χ2v) is 6.41. The molecule has 128 valence electrons. The van der Waals surface area contributed by atoms with Crippen molar-refractivity contribution in [2.24, 2.45) is 4.99 Å². The van der Waals surface area contributed by atoms with Crippen LogP contribution in [0.5, 0.6) is 0 Å². The number of aliphatic hydroxyl groups excluding tert-OH is 1. The van der Waals surface area contributed by atoms with E-state index in [0.29, 0.717) is 12.6 Å². The Labute approximate surface area is 139 Å². The van der Waals surface area contributed by atoms with E-state index in [1.165, 1.54) is 11.3 Å². The molecule has 23 heavy (non-hydrogen) atoms. The van der Waals surface area contributed by atoms with Crippen LogP contribution < -0.4 is 15.5 Å². The quantitative estimate of drug-likeness (QED) is 0.575. The highest BCUT2D eigenvalue weighted by molar-refractivity contribution is 5.80. The Balaban J connectivity index is 1.96. The Hall–Kier alpha value is -1.75. The molecule has 0 amide bonds. The van der Waals surface area contributed by atoms with Crippen LogP contribution >= 0.6 is 0 Å².